The lowest BCUT2D eigenvalue weighted by molar-refractivity contribution is 0.282. The SMILES string of the molecule is [2H]C([2H])([2H])C([2H])([2H])C([2H])([2H])C([2H])([2H])C([2H])([2H])C([2H])([2H])C([2H])([2H])C([2H])([2H])C([2H])([2H])C([2H])([2H])C([2H])([2H])C([2H])([2H])C([2H])([2H])C([2H])([2H])C([2H])([2H])CO. The molecule has 0 aliphatic rings. The van der Waals surface area contributed by atoms with E-state index in [9.17, 15) is 5.11 Å². The summed E-state index contributed by atoms with van der Waals surface area (Å²) in [6, 6.07) is 0. The van der Waals surface area contributed by atoms with Crippen LogP contribution in [0.3, 0.4) is 0 Å². The summed E-state index contributed by atoms with van der Waals surface area (Å²) < 4.78 is 244. The highest BCUT2D eigenvalue weighted by atomic mass is 16.2. The van der Waals surface area contributed by atoms with Crippen molar-refractivity contribution in [1.82, 2.24) is 0 Å². The van der Waals surface area contributed by atoms with E-state index in [1.165, 1.54) is 0 Å². The molecule has 1 heteroatoms. The van der Waals surface area contributed by atoms with Gasteiger partial charge in [0.2, 0.25) is 0 Å². The molecule has 0 aromatic carbocycles. The molecular weight excluding hydrogens is 208 g/mol. The Labute approximate surface area is 153 Å². The van der Waals surface area contributed by atoms with Crippen molar-refractivity contribution in [2.75, 3.05) is 6.61 Å². The van der Waals surface area contributed by atoms with Gasteiger partial charge in [-0.15, -0.1) is 0 Å². The zero-order valence-corrected chi connectivity index (χ0v) is 8.65. The third-order valence-corrected chi connectivity index (χ3v) is 0.917. The molecule has 0 aromatic rings. The molecular formula is C16H34O. The highest BCUT2D eigenvalue weighted by molar-refractivity contribution is 4.48. The summed E-state index contributed by atoms with van der Waals surface area (Å²) in [7, 11) is 0. The third kappa shape index (κ3) is 16.0. The van der Waals surface area contributed by atoms with E-state index in [-0.39, 0.29) is 0 Å². The molecule has 0 aromatic heterocycles. The minimum atomic E-state index is -5.07. The lowest BCUT2D eigenvalue weighted by atomic mass is 10.0. The van der Waals surface area contributed by atoms with Crippen molar-refractivity contribution in [1.29, 1.82) is 0 Å². The predicted octanol–water partition coefficient (Wildman–Crippen LogP) is 5.46. The van der Waals surface area contributed by atoms with Crippen LogP contribution in [0.1, 0.15) is 139 Å². The average Bonchev–Trinajstić information content (AvgIpc) is 2.86. The standard InChI is InChI=1S/C16H34O/c1-2-3-4-5-6-7-8-9-10-11-12-13-14-15-16-17/h17H,2-16H2,1H3/i1D3,2D2,3D2,4D2,5D2,6D2,7D2,8D2,9D2,10D2,11D2,12D2,13D2,14D2,15D2. The van der Waals surface area contributed by atoms with E-state index in [0.29, 0.717) is 0 Å². The summed E-state index contributed by atoms with van der Waals surface area (Å²) >= 11 is 0. The number of hydrogen-bond acceptors (Lipinski definition) is 1. The highest BCUT2D eigenvalue weighted by Gasteiger charge is 1.93. The van der Waals surface area contributed by atoms with Crippen LogP contribution in [0.5, 0.6) is 0 Å². The van der Waals surface area contributed by atoms with Crippen LogP contribution in [-0.4, -0.2) is 11.7 Å². The summed E-state index contributed by atoms with van der Waals surface area (Å²) in [6.45, 7) is -5.94. The Balaban J connectivity index is 7.63. The fraction of sp³-hybridized carbons (Fsp3) is 1.00. The van der Waals surface area contributed by atoms with Crippen LogP contribution in [0.15, 0.2) is 0 Å². The first kappa shape index (κ1) is 1.96. The Bertz CT molecular complexity index is 1170. The maximum atomic E-state index is 9.19. The van der Waals surface area contributed by atoms with Gasteiger partial charge in [0.15, 0.2) is 0 Å². The molecule has 0 rings (SSSR count). The van der Waals surface area contributed by atoms with E-state index in [1.54, 1.807) is 0 Å². The largest absolute Gasteiger partial charge is 0.396 e. The van der Waals surface area contributed by atoms with Crippen LogP contribution in [0.25, 0.3) is 0 Å². The second-order valence-electron chi connectivity index (χ2n) is 1.96. The molecule has 0 atom stereocenters. The molecule has 0 amide bonds. The molecule has 1 nitrogen and oxygen atoms in total. The van der Waals surface area contributed by atoms with E-state index in [0.717, 1.165) is 0 Å². The molecule has 0 bridgehead atoms. The van der Waals surface area contributed by atoms with Crippen molar-refractivity contribution in [3.05, 3.63) is 0 Å². The van der Waals surface area contributed by atoms with E-state index in [4.69, 9.17) is 42.5 Å². The summed E-state index contributed by atoms with van der Waals surface area (Å²) in [5, 5.41) is 9.19. The lowest BCUT2D eigenvalue weighted by Crippen LogP contribution is -1.84. The first-order valence-electron chi connectivity index (χ1n) is 19.7. The average molecular weight is 274 g/mol. The van der Waals surface area contributed by atoms with Gasteiger partial charge in [0.05, 0.1) is 0 Å². The van der Waals surface area contributed by atoms with Gasteiger partial charge >= 0.3 is 0 Å². The minimum Gasteiger partial charge on any atom is -0.396 e. The highest BCUT2D eigenvalue weighted by Crippen LogP contribution is 2.12. The van der Waals surface area contributed by atoms with Crippen LogP contribution in [0.4, 0.5) is 0 Å². The summed E-state index contributed by atoms with van der Waals surface area (Å²) in [5.41, 5.74) is 0. The molecule has 0 aliphatic heterocycles. The molecule has 1 N–H and O–H groups in total. The fourth-order valence-electron chi connectivity index (χ4n) is 0.427. The molecule has 0 spiro atoms. The van der Waals surface area contributed by atoms with E-state index >= 15 is 0 Å². The quantitative estimate of drug-likeness (QED) is 0.445. The summed E-state index contributed by atoms with van der Waals surface area (Å²) in [6.07, 6.45) is -66.3. The Morgan fingerprint density at radius 1 is 0.647 bits per heavy atom. The van der Waals surface area contributed by atoms with Crippen LogP contribution in [-0.2, 0) is 0 Å². The normalized spacial score (nSPS) is 50.5. The van der Waals surface area contributed by atoms with Crippen molar-refractivity contribution in [2.45, 2.75) is 96.1 Å². The smallest absolute Gasteiger partial charge is 0.0431 e. The van der Waals surface area contributed by atoms with Crippen LogP contribution in [0.2, 0.25) is 0 Å². The van der Waals surface area contributed by atoms with Crippen LogP contribution >= 0.6 is 0 Å². The van der Waals surface area contributed by atoms with Crippen molar-refractivity contribution >= 4 is 0 Å². The van der Waals surface area contributed by atoms with Gasteiger partial charge < -0.3 is 5.11 Å². The molecule has 104 valence electrons. The number of rotatable bonds is 14. The predicted molar refractivity (Wildman–Crippen MR) is 77.4 cm³/mol. The first-order valence-corrected chi connectivity index (χ1v) is 4.17. The minimum absolute atomic E-state index is 1.86. The van der Waals surface area contributed by atoms with Gasteiger partial charge in [0, 0.05) is 49.1 Å². The molecule has 0 unspecified atom stereocenters. The van der Waals surface area contributed by atoms with E-state index in [2.05, 4.69) is 0 Å². The molecule has 0 saturated heterocycles. The maximum Gasteiger partial charge on any atom is 0.0431 e. The molecule has 0 aliphatic carbocycles. The molecule has 0 saturated carbocycles. The number of aliphatic hydroxyl groups is 1. The van der Waals surface area contributed by atoms with Gasteiger partial charge in [-0.3, -0.25) is 0 Å². The van der Waals surface area contributed by atoms with E-state index in [1.807, 2.05) is 0 Å². The van der Waals surface area contributed by atoms with Gasteiger partial charge in [-0.2, -0.15) is 0 Å². The lowest BCUT2D eigenvalue weighted by Gasteiger charge is -2.02. The monoisotopic (exact) mass is 273 g/mol. The van der Waals surface area contributed by atoms with Crippen LogP contribution in [0, 0.1) is 0 Å². The van der Waals surface area contributed by atoms with Crippen molar-refractivity contribution in [2.24, 2.45) is 0 Å². The van der Waals surface area contributed by atoms with Crippen molar-refractivity contribution in [3.8, 4) is 0 Å². The second-order valence-corrected chi connectivity index (χ2v) is 1.96. The summed E-state index contributed by atoms with van der Waals surface area (Å²) in [5.74, 6) is 0. The zero-order chi connectivity index (χ0) is 40.2. The fourth-order valence-corrected chi connectivity index (χ4v) is 0.427. The molecule has 0 heterocycles. The third-order valence-electron chi connectivity index (χ3n) is 0.917. The van der Waals surface area contributed by atoms with Gasteiger partial charge in [0.25, 0.3) is 0 Å². The first-order chi connectivity index (χ1) is 20.1. The summed E-state index contributed by atoms with van der Waals surface area (Å²) in [4.78, 5) is 0. The Morgan fingerprint density at radius 3 is 1.35 bits per heavy atom. The molecule has 0 radical (unpaired) electrons. The maximum absolute atomic E-state index is 9.19. The second kappa shape index (κ2) is 16.0. The Hall–Kier alpha value is -0.0400. The van der Waals surface area contributed by atoms with Gasteiger partial charge in [-0.1, -0.05) is 89.7 Å². The van der Waals surface area contributed by atoms with E-state index < -0.39 is 103 Å². The van der Waals surface area contributed by atoms with Crippen LogP contribution < -0.4 is 0 Å². The number of hydrogen-bond donors (Lipinski definition) is 1. The van der Waals surface area contributed by atoms with Gasteiger partial charge in [0.1, 0.15) is 0 Å². The molecule has 17 heavy (non-hydrogen) atoms. The zero-order valence-electron chi connectivity index (χ0n) is 39.7. The van der Waals surface area contributed by atoms with Crippen molar-refractivity contribution < 1.29 is 47.6 Å². The van der Waals surface area contributed by atoms with Crippen molar-refractivity contribution in [3.63, 3.8) is 0 Å². The topological polar surface area (TPSA) is 20.2 Å². The van der Waals surface area contributed by atoms with Gasteiger partial charge in [-0.05, 0) is 6.37 Å². The Kier molecular flexibility index (Phi) is 1.84. The Morgan fingerprint density at radius 2 is 1.00 bits per heavy atom. The van der Waals surface area contributed by atoms with Gasteiger partial charge in [-0.25, -0.2) is 0 Å². The molecule has 0 fully saturated rings. The number of aliphatic hydroxyl groups excluding tert-OH is 1.